The molecule has 1 heteroatoms. The largest absolute Gasteiger partial charge is 0.324 e. The monoisotopic (exact) mass is 199 g/mol. The predicted molar refractivity (Wildman–Crippen MR) is 63.6 cm³/mol. The van der Waals surface area contributed by atoms with Crippen LogP contribution in [-0.4, -0.2) is 5.54 Å². The molecule has 1 saturated carbocycles. The van der Waals surface area contributed by atoms with E-state index in [4.69, 9.17) is 12.2 Å². The molecular formula is C14H17N. The van der Waals surface area contributed by atoms with Crippen molar-refractivity contribution in [3.8, 4) is 12.3 Å². The van der Waals surface area contributed by atoms with Gasteiger partial charge in [-0.2, -0.15) is 0 Å². The van der Waals surface area contributed by atoms with E-state index in [2.05, 4.69) is 25.8 Å². The van der Waals surface area contributed by atoms with Crippen LogP contribution >= 0.6 is 0 Å². The number of terminal acetylenes is 1. The average molecular weight is 199 g/mol. The van der Waals surface area contributed by atoms with Crippen LogP contribution in [0.1, 0.15) is 37.8 Å². The molecule has 2 rings (SSSR count). The quantitative estimate of drug-likeness (QED) is 0.727. The summed E-state index contributed by atoms with van der Waals surface area (Å²) in [5, 5.41) is 0. The topological polar surface area (TPSA) is 26.0 Å². The fourth-order valence-electron chi connectivity index (χ4n) is 2.18. The first kappa shape index (κ1) is 10.3. The SMILES string of the molecule is C#Cc1ccccc1C(C)(C)C1(N)CC1. The lowest BCUT2D eigenvalue weighted by Crippen LogP contribution is -2.43. The van der Waals surface area contributed by atoms with Crippen molar-refractivity contribution in [3.05, 3.63) is 35.4 Å². The zero-order chi connectivity index (χ0) is 11.1. The van der Waals surface area contributed by atoms with E-state index in [0.717, 1.165) is 18.4 Å². The van der Waals surface area contributed by atoms with Crippen molar-refractivity contribution in [2.75, 3.05) is 0 Å². The van der Waals surface area contributed by atoms with E-state index in [9.17, 15) is 0 Å². The molecule has 2 N–H and O–H groups in total. The third-order valence-corrected chi connectivity index (χ3v) is 3.79. The van der Waals surface area contributed by atoms with Gasteiger partial charge in [0, 0.05) is 16.5 Å². The standard InChI is InChI=1S/C14H17N/c1-4-11-7-5-6-8-12(11)13(2,3)14(15)9-10-14/h1,5-8H,9-10,15H2,2-3H3. The highest BCUT2D eigenvalue weighted by Gasteiger charge is 2.52. The van der Waals surface area contributed by atoms with Crippen molar-refractivity contribution in [2.24, 2.45) is 5.73 Å². The summed E-state index contributed by atoms with van der Waals surface area (Å²) in [4.78, 5) is 0. The van der Waals surface area contributed by atoms with Gasteiger partial charge in [-0.3, -0.25) is 0 Å². The van der Waals surface area contributed by atoms with Crippen LogP contribution in [0.3, 0.4) is 0 Å². The smallest absolute Gasteiger partial charge is 0.0280 e. The van der Waals surface area contributed by atoms with Gasteiger partial charge < -0.3 is 5.73 Å². The van der Waals surface area contributed by atoms with E-state index in [-0.39, 0.29) is 11.0 Å². The first-order valence-corrected chi connectivity index (χ1v) is 5.36. The molecule has 1 aromatic rings. The number of benzene rings is 1. The summed E-state index contributed by atoms with van der Waals surface area (Å²) in [6.45, 7) is 4.38. The summed E-state index contributed by atoms with van der Waals surface area (Å²) in [5.41, 5.74) is 8.40. The van der Waals surface area contributed by atoms with Gasteiger partial charge in [0.1, 0.15) is 0 Å². The van der Waals surface area contributed by atoms with Crippen molar-refractivity contribution in [2.45, 2.75) is 37.6 Å². The maximum atomic E-state index is 6.31. The Kier molecular flexibility index (Phi) is 2.13. The van der Waals surface area contributed by atoms with Crippen LogP contribution in [0.2, 0.25) is 0 Å². The maximum absolute atomic E-state index is 6.31. The van der Waals surface area contributed by atoms with E-state index in [1.54, 1.807) is 0 Å². The van der Waals surface area contributed by atoms with Gasteiger partial charge in [-0.1, -0.05) is 38.0 Å². The minimum Gasteiger partial charge on any atom is -0.324 e. The molecule has 0 aromatic heterocycles. The fourth-order valence-corrected chi connectivity index (χ4v) is 2.18. The van der Waals surface area contributed by atoms with Crippen LogP contribution < -0.4 is 5.73 Å². The Balaban J connectivity index is 2.50. The second-order valence-electron chi connectivity index (χ2n) is 4.97. The van der Waals surface area contributed by atoms with Crippen molar-refractivity contribution >= 4 is 0 Å². The summed E-state index contributed by atoms with van der Waals surface area (Å²) in [7, 11) is 0. The third-order valence-electron chi connectivity index (χ3n) is 3.79. The molecular weight excluding hydrogens is 182 g/mol. The molecule has 0 saturated heterocycles. The Morgan fingerprint density at radius 3 is 2.47 bits per heavy atom. The van der Waals surface area contributed by atoms with Crippen molar-refractivity contribution in [1.29, 1.82) is 0 Å². The first-order chi connectivity index (χ1) is 7.01. The van der Waals surface area contributed by atoms with Gasteiger partial charge in [0.25, 0.3) is 0 Å². The summed E-state index contributed by atoms with van der Waals surface area (Å²) in [6.07, 6.45) is 7.71. The van der Waals surface area contributed by atoms with Crippen LogP contribution in [0.4, 0.5) is 0 Å². The van der Waals surface area contributed by atoms with Gasteiger partial charge in [0.2, 0.25) is 0 Å². The molecule has 15 heavy (non-hydrogen) atoms. The van der Waals surface area contributed by atoms with Crippen LogP contribution in [0.15, 0.2) is 24.3 Å². The van der Waals surface area contributed by atoms with Gasteiger partial charge in [-0.25, -0.2) is 0 Å². The minimum atomic E-state index is -0.0556. The lowest BCUT2D eigenvalue weighted by molar-refractivity contribution is 0.390. The highest BCUT2D eigenvalue weighted by atomic mass is 14.9. The molecule has 78 valence electrons. The normalized spacial score (nSPS) is 18.3. The Labute approximate surface area is 91.7 Å². The Hall–Kier alpha value is -1.26. The van der Waals surface area contributed by atoms with E-state index >= 15 is 0 Å². The molecule has 1 aromatic carbocycles. The summed E-state index contributed by atoms with van der Waals surface area (Å²) < 4.78 is 0. The molecule has 0 heterocycles. The third kappa shape index (κ3) is 1.46. The molecule has 0 spiro atoms. The van der Waals surface area contributed by atoms with Crippen LogP contribution in [0.5, 0.6) is 0 Å². The molecule has 1 fully saturated rings. The minimum absolute atomic E-state index is 0.0318. The molecule has 1 aliphatic rings. The Morgan fingerprint density at radius 1 is 1.33 bits per heavy atom. The van der Waals surface area contributed by atoms with Gasteiger partial charge in [0.05, 0.1) is 0 Å². The van der Waals surface area contributed by atoms with E-state index < -0.39 is 0 Å². The number of hydrogen-bond acceptors (Lipinski definition) is 1. The first-order valence-electron chi connectivity index (χ1n) is 5.36. The van der Waals surface area contributed by atoms with E-state index in [1.165, 1.54) is 5.56 Å². The number of hydrogen-bond donors (Lipinski definition) is 1. The van der Waals surface area contributed by atoms with Crippen LogP contribution in [0, 0.1) is 12.3 Å². The predicted octanol–water partition coefficient (Wildman–Crippen LogP) is 2.44. The molecule has 1 aliphatic carbocycles. The lowest BCUT2D eigenvalue weighted by Gasteiger charge is -2.33. The van der Waals surface area contributed by atoms with Crippen molar-refractivity contribution < 1.29 is 0 Å². The van der Waals surface area contributed by atoms with Gasteiger partial charge in [0.15, 0.2) is 0 Å². The average Bonchev–Trinajstić information content (AvgIpc) is 2.98. The maximum Gasteiger partial charge on any atom is 0.0280 e. The molecule has 0 amide bonds. The van der Waals surface area contributed by atoms with Gasteiger partial charge in [-0.15, -0.1) is 6.42 Å². The second-order valence-corrected chi connectivity index (χ2v) is 4.97. The van der Waals surface area contributed by atoms with E-state index in [1.807, 2.05) is 18.2 Å². The van der Waals surface area contributed by atoms with Crippen molar-refractivity contribution in [1.82, 2.24) is 0 Å². The van der Waals surface area contributed by atoms with Gasteiger partial charge >= 0.3 is 0 Å². The van der Waals surface area contributed by atoms with Gasteiger partial charge in [-0.05, 0) is 24.5 Å². The molecule has 0 aliphatic heterocycles. The summed E-state index contributed by atoms with van der Waals surface area (Å²) in [6, 6.07) is 8.10. The second kappa shape index (κ2) is 3.12. The van der Waals surface area contributed by atoms with Crippen LogP contribution in [0.25, 0.3) is 0 Å². The fraction of sp³-hybridized carbons (Fsp3) is 0.429. The highest BCUT2D eigenvalue weighted by Crippen LogP contribution is 2.49. The number of rotatable bonds is 2. The zero-order valence-corrected chi connectivity index (χ0v) is 9.38. The Bertz CT molecular complexity index is 419. The number of nitrogens with two attached hydrogens (primary N) is 1. The van der Waals surface area contributed by atoms with Crippen molar-refractivity contribution in [3.63, 3.8) is 0 Å². The lowest BCUT2D eigenvalue weighted by atomic mass is 9.74. The molecule has 0 atom stereocenters. The highest BCUT2D eigenvalue weighted by molar-refractivity contribution is 5.46. The van der Waals surface area contributed by atoms with E-state index in [0.29, 0.717) is 0 Å². The molecule has 0 bridgehead atoms. The molecule has 0 radical (unpaired) electrons. The summed E-state index contributed by atoms with van der Waals surface area (Å²) >= 11 is 0. The van der Waals surface area contributed by atoms with Crippen LogP contribution in [-0.2, 0) is 5.41 Å². The zero-order valence-electron chi connectivity index (χ0n) is 9.38. The summed E-state index contributed by atoms with van der Waals surface area (Å²) in [5.74, 6) is 2.75. The molecule has 1 nitrogen and oxygen atoms in total. The molecule has 0 unspecified atom stereocenters. The Morgan fingerprint density at radius 2 is 1.93 bits per heavy atom.